The maximum absolute atomic E-state index is 4.12. The molecule has 2 aromatic rings. The van der Waals surface area contributed by atoms with Gasteiger partial charge in [0.2, 0.25) is 0 Å². The zero-order valence-electron chi connectivity index (χ0n) is 8.90. The lowest BCUT2D eigenvalue weighted by atomic mass is 10.2. The minimum Gasteiger partial charge on any atom is -0.368 e. The fourth-order valence-corrected chi connectivity index (χ4v) is 1.54. The Hall–Kier alpha value is -1.64. The number of nitrogens with one attached hydrogen (secondary N) is 1. The van der Waals surface area contributed by atoms with Gasteiger partial charge in [-0.25, -0.2) is 0 Å². The summed E-state index contributed by atoms with van der Waals surface area (Å²) < 4.78 is 0. The Bertz CT molecular complexity index is 434. The monoisotopic (exact) mass is 201 g/mol. The van der Waals surface area contributed by atoms with Crippen molar-refractivity contribution in [1.29, 1.82) is 0 Å². The van der Waals surface area contributed by atoms with Crippen LogP contribution in [-0.2, 0) is 0 Å². The first kappa shape index (κ1) is 9.90. The van der Waals surface area contributed by atoms with E-state index in [1.165, 1.54) is 6.42 Å². The van der Waals surface area contributed by atoms with Crippen molar-refractivity contribution in [2.24, 2.45) is 0 Å². The van der Waals surface area contributed by atoms with Gasteiger partial charge in [0.25, 0.3) is 0 Å². The summed E-state index contributed by atoms with van der Waals surface area (Å²) in [4.78, 5) is 0. The predicted octanol–water partition coefficient (Wildman–Crippen LogP) is 2.84. The van der Waals surface area contributed by atoms with Crippen molar-refractivity contribution in [3.63, 3.8) is 0 Å². The smallest absolute Gasteiger partial charge is 0.156 e. The SMILES string of the molecule is CCCCNc1nncc2ccccc12. The molecule has 0 saturated heterocycles. The molecule has 15 heavy (non-hydrogen) atoms. The fourth-order valence-electron chi connectivity index (χ4n) is 1.54. The fraction of sp³-hybridized carbons (Fsp3) is 0.333. The van der Waals surface area contributed by atoms with Crippen LogP contribution >= 0.6 is 0 Å². The zero-order chi connectivity index (χ0) is 10.5. The number of hydrogen-bond donors (Lipinski definition) is 1. The maximum Gasteiger partial charge on any atom is 0.156 e. The van der Waals surface area contributed by atoms with Crippen LogP contribution < -0.4 is 5.32 Å². The highest BCUT2D eigenvalue weighted by atomic mass is 15.2. The first-order valence-corrected chi connectivity index (χ1v) is 5.36. The van der Waals surface area contributed by atoms with Crippen LogP contribution in [0.4, 0.5) is 5.82 Å². The van der Waals surface area contributed by atoms with Crippen LogP contribution in [0.5, 0.6) is 0 Å². The van der Waals surface area contributed by atoms with Crippen LogP contribution in [0.25, 0.3) is 10.8 Å². The summed E-state index contributed by atoms with van der Waals surface area (Å²) >= 11 is 0. The van der Waals surface area contributed by atoms with Crippen LogP contribution in [0.2, 0.25) is 0 Å². The summed E-state index contributed by atoms with van der Waals surface area (Å²) in [6, 6.07) is 8.15. The topological polar surface area (TPSA) is 37.8 Å². The van der Waals surface area contributed by atoms with E-state index in [-0.39, 0.29) is 0 Å². The average molecular weight is 201 g/mol. The normalized spacial score (nSPS) is 10.5. The Morgan fingerprint density at radius 3 is 3.00 bits per heavy atom. The Morgan fingerprint density at radius 1 is 1.27 bits per heavy atom. The molecule has 0 spiro atoms. The second kappa shape index (κ2) is 4.73. The standard InChI is InChI=1S/C12H15N3/c1-2-3-8-13-12-11-7-5-4-6-10(11)9-14-15-12/h4-7,9H,2-3,8H2,1H3,(H,13,15). The maximum atomic E-state index is 4.12. The van der Waals surface area contributed by atoms with E-state index in [0.717, 1.165) is 29.6 Å². The first-order valence-electron chi connectivity index (χ1n) is 5.36. The molecular formula is C12H15N3. The molecule has 0 radical (unpaired) electrons. The van der Waals surface area contributed by atoms with Gasteiger partial charge in [-0.3, -0.25) is 0 Å². The van der Waals surface area contributed by atoms with Crippen LogP contribution in [-0.4, -0.2) is 16.7 Å². The van der Waals surface area contributed by atoms with Gasteiger partial charge >= 0.3 is 0 Å². The number of fused-ring (bicyclic) bond motifs is 1. The van der Waals surface area contributed by atoms with Crippen molar-refractivity contribution in [3.05, 3.63) is 30.5 Å². The van der Waals surface area contributed by atoms with E-state index in [4.69, 9.17) is 0 Å². The van der Waals surface area contributed by atoms with Crippen molar-refractivity contribution in [3.8, 4) is 0 Å². The molecule has 0 saturated carbocycles. The molecule has 3 nitrogen and oxygen atoms in total. The quantitative estimate of drug-likeness (QED) is 0.773. The van der Waals surface area contributed by atoms with E-state index in [0.29, 0.717) is 0 Å². The average Bonchev–Trinajstić information content (AvgIpc) is 2.30. The highest BCUT2D eigenvalue weighted by Gasteiger charge is 2.00. The van der Waals surface area contributed by atoms with Crippen LogP contribution in [0, 0.1) is 0 Å². The van der Waals surface area contributed by atoms with Crippen molar-refractivity contribution >= 4 is 16.6 Å². The van der Waals surface area contributed by atoms with E-state index < -0.39 is 0 Å². The second-order valence-electron chi connectivity index (χ2n) is 3.56. The van der Waals surface area contributed by atoms with Gasteiger partial charge in [-0.1, -0.05) is 37.6 Å². The molecule has 2 rings (SSSR count). The number of aromatic nitrogens is 2. The molecule has 1 aromatic carbocycles. The minimum absolute atomic E-state index is 0.890. The number of rotatable bonds is 4. The number of benzene rings is 1. The largest absolute Gasteiger partial charge is 0.368 e. The van der Waals surface area contributed by atoms with Gasteiger partial charge in [-0.15, -0.1) is 5.10 Å². The third-order valence-corrected chi connectivity index (χ3v) is 2.39. The summed E-state index contributed by atoms with van der Waals surface area (Å²) in [6.07, 6.45) is 4.14. The van der Waals surface area contributed by atoms with E-state index >= 15 is 0 Å². The van der Waals surface area contributed by atoms with Crippen LogP contribution in [0.1, 0.15) is 19.8 Å². The number of nitrogens with zero attached hydrogens (tertiary/aromatic N) is 2. The number of anilines is 1. The van der Waals surface area contributed by atoms with Gasteiger partial charge in [0.1, 0.15) is 0 Å². The zero-order valence-corrected chi connectivity index (χ0v) is 8.90. The second-order valence-corrected chi connectivity index (χ2v) is 3.56. The summed E-state index contributed by atoms with van der Waals surface area (Å²) in [7, 11) is 0. The summed E-state index contributed by atoms with van der Waals surface area (Å²) in [5.41, 5.74) is 0. The first-order chi connectivity index (χ1) is 7.42. The molecule has 3 heteroatoms. The molecule has 0 unspecified atom stereocenters. The molecule has 0 amide bonds. The summed E-state index contributed by atoms with van der Waals surface area (Å²) in [5, 5.41) is 13.7. The number of unbranched alkanes of at least 4 members (excludes halogenated alkanes) is 1. The molecule has 0 aliphatic carbocycles. The van der Waals surface area contributed by atoms with Gasteiger partial charge in [0.05, 0.1) is 6.20 Å². The Balaban J connectivity index is 2.26. The van der Waals surface area contributed by atoms with E-state index in [2.05, 4.69) is 34.6 Å². The lowest BCUT2D eigenvalue weighted by Crippen LogP contribution is -2.04. The van der Waals surface area contributed by atoms with E-state index in [9.17, 15) is 0 Å². The molecule has 0 bridgehead atoms. The van der Waals surface area contributed by atoms with E-state index in [1.807, 2.05) is 12.1 Å². The molecule has 78 valence electrons. The van der Waals surface area contributed by atoms with Gasteiger partial charge in [0, 0.05) is 17.3 Å². The van der Waals surface area contributed by atoms with Gasteiger partial charge < -0.3 is 5.32 Å². The Kier molecular flexibility index (Phi) is 3.12. The molecule has 1 heterocycles. The van der Waals surface area contributed by atoms with E-state index in [1.54, 1.807) is 6.20 Å². The minimum atomic E-state index is 0.890. The third-order valence-electron chi connectivity index (χ3n) is 2.39. The summed E-state index contributed by atoms with van der Waals surface area (Å²) in [6.45, 7) is 3.13. The highest BCUT2D eigenvalue weighted by Crippen LogP contribution is 2.18. The van der Waals surface area contributed by atoms with Gasteiger partial charge in [0.15, 0.2) is 5.82 Å². The third kappa shape index (κ3) is 2.24. The lowest BCUT2D eigenvalue weighted by Gasteiger charge is -2.06. The molecule has 0 atom stereocenters. The van der Waals surface area contributed by atoms with Crippen molar-refractivity contribution in [2.75, 3.05) is 11.9 Å². The Morgan fingerprint density at radius 2 is 2.13 bits per heavy atom. The number of hydrogen-bond acceptors (Lipinski definition) is 3. The van der Waals surface area contributed by atoms with Crippen molar-refractivity contribution < 1.29 is 0 Å². The lowest BCUT2D eigenvalue weighted by molar-refractivity contribution is 0.828. The predicted molar refractivity (Wildman–Crippen MR) is 62.9 cm³/mol. The molecular weight excluding hydrogens is 186 g/mol. The molecule has 1 N–H and O–H groups in total. The summed E-state index contributed by atoms with van der Waals surface area (Å²) in [5.74, 6) is 0.890. The molecule has 0 aliphatic heterocycles. The van der Waals surface area contributed by atoms with Crippen LogP contribution in [0.15, 0.2) is 30.5 Å². The van der Waals surface area contributed by atoms with Crippen LogP contribution in [0.3, 0.4) is 0 Å². The molecule has 0 aliphatic rings. The van der Waals surface area contributed by atoms with Gasteiger partial charge in [-0.05, 0) is 6.42 Å². The van der Waals surface area contributed by atoms with Gasteiger partial charge in [-0.2, -0.15) is 5.10 Å². The van der Waals surface area contributed by atoms with Crippen molar-refractivity contribution in [2.45, 2.75) is 19.8 Å². The van der Waals surface area contributed by atoms with Crippen molar-refractivity contribution in [1.82, 2.24) is 10.2 Å². The Labute approximate surface area is 89.5 Å². The molecule has 0 fully saturated rings. The highest BCUT2D eigenvalue weighted by molar-refractivity contribution is 5.90. The molecule has 1 aromatic heterocycles.